The van der Waals surface area contributed by atoms with E-state index in [0.29, 0.717) is 5.69 Å². The molecule has 0 radical (unpaired) electrons. The van der Waals surface area contributed by atoms with Crippen LogP contribution in [0.1, 0.15) is 11.1 Å². The Balaban J connectivity index is 2.35. The van der Waals surface area contributed by atoms with E-state index in [-0.39, 0.29) is 5.88 Å². The summed E-state index contributed by atoms with van der Waals surface area (Å²) in [5, 5.41) is 0. The first-order valence-corrected chi connectivity index (χ1v) is 7.30. The largest absolute Gasteiger partial charge is 0.416 e. The Morgan fingerprint density at radius 1 is 1.22 bits per heavy atom. The van der Waals surface area contributed by atoms with Crippen LogP contribution < -0.4 is 4.90 Å². The van der Waals surface area contributed by atoms with Crippen LogP contribution in [0.5, 0.6) is 0 Å². The van der Waals surface area contributed by atoms with Crippen LogP contribution in [-0.2, 0) is 12.1 Å². The van der Waals surface area contributed by atoms with Gasteiger partial charge in [0, 0.05) is 36.2 Å². The quantitative estimate of drug-likeness (QED) is 0.759. The molecule has 6 heteroatoms. The van der Waals surface area contributed by atoms with Crippen LogP contribution in [0.3, 0.4) is 0 Å². The molecule has 0 unspecified atom stereocenters. The number of hydrogen-bond acceptors (Lipinski definition) is 2. The molecular weight excluding hydrogens is 283 g/mol. The highest BCUT2D eigenvalue weighted by Gasteiger charge is 2.31. The van der Waals surface area contributed by atoms with Crippen LogP contribution in [0.25, 0.3) is 0 Å². The molecule has 0 aromatic heterocycles. The number of hydrogen-bond donors (Lipinski definition) is 0. The lowest BCUT2D eigenvalue weighted by molar-refractivity contribution is -0.137. The lowest BCUT2D eigenvalue weighted by Gasteiger charge is -2.30. The van der Waals surface area contributed by atoms with Gasteiger partial charge in [-0.25, -0.2) is 0 Å². The zero-order chi connectivity index (χ0) is 13.2. The van der Waals surface area contributed by atoms with Crippen molar-refractivity contribution in [3.8, 4) is 0 Å². The summed E-state index contributed by atoms with van der Waals surface area (Å²) in [6.45, 7) is 1.55. The van der Waals surface area contributed by atoms with Crippen molar-refractivity contribution < 1.29 is 13.2 Å². The summed E-state index contributed by atoms with van der Waals surface area (Å²) >= 11 is 7.62. The molecule has 1 aromatic rings. The molecule has 1 nitrogen and oxygen atoms in total. The molecule has 1 fully saturated rings. The lowest BCUT2D eigenvalue weighted by Crippen LogP contribution is -2.33. The van der Waals surface area contributed by atoms with Gasteiger partial charge in [-0.05, 0) is 17.7 Å². The molecule has 0 aliphatic carbocycles. The zero-order valence-electron chi connectivity index (χ0n) is 9.63. The summed E-state index contributed by atoms with van der Waals surface area (Å²) < 4.78 is 38.1. The van der Waals surface area contributed by atoms with Gasteiger partial charge in [-0.15, -0.1) is 11.6 Å². The van der Waals surface area contributed by atoms with Crippen LogP contribution in [0.4, 0.5) is 18.9 Å². The fourth-order valence-electron chi connectivity index (χ4n) is 1.95. The molecule has 1 saturated heterocycles. The van der Waals surface area contributed by atoms with E-state index in [1.165, 1.54) is 12.1 Å². The molecule has 1 aliphatic rings. The normalized spacial score (nSPS) is 17.0. The molecule has 0 atom stereocenters. The standard InChI is InChI=1S/C12H13ClF3NS/c13-8-9-1-2-10(12(14,15)16)7-11(9)17-3-5-18-6-4-17/h1-2,7H,3-6,8H2. The molecule has 1 aliphatic heterocycles. The fraction of sp³-hybridized carbons (Fsp3) is 0.500. The van der Waals surface area contributed by atoms with E-state index in [1.54, 1.807) is 0 Å². The minimum Gasteiger partial charge on any atom is -0.370 e. The van der Waals surface area contributed by atoms with Gasteiger partial charge in [-0.1, -0.05) is 6.07 Å². The molecule has 0 saturated carbocycles. The number of benzene rings is 1. The summed E-state index contributed by atoms with van der Waals surface area (Å²) in [7, 11) is 0. The second-order valence-corrected chi connectivity index (χ2v) is 5.57. The van der Waals surface area contributed by atoms with Gasteiger partial charge in [0.25, 0.3) is 0 Å². The third-order valence-corrected chi connectivity index (χ3v) is 4.14. The van der Waals surface area contributed by atoms with Crippen molar-refractivity contribution in [3.05, 3.63) is 29.3 Å². The van der Waals surface area contributed by atoms with Crippen molar-refractivity contribution in [1.29, 1.82) is 0 Å². The highest BCUT2D eigenvalue weighted by molar-refractivity contribution is 7.99. The van der Waals surface area contributed by atoms with Crippen molar-refractivity contribution in [1.82, 2.24) is 0 Å². The fourth-order valence-corrected chi connectivity index (χ4v) is 3.08. The SMILES string of the molecule is FC(F)(F)c1ccc(CCl)c(N2CCSCC2)c1. The van der Waals surface area contributed by atoms with Crippen molar-refractivity contribution in [2.45, 2.75) is 12.1 Å². The molecule has 0 N–H and O–H groups in total. The molecule has 1 heterocycles. The minimum absolute atomic E-state index is 0.233. The number of rotatable bonds is 2. The Kier molecular flexibility index (Phi) is 4.33. The van der Waals surface area contributed by atoms with E-state index in [2.05, 4.69) is 0 Å². The van der Waals surface area contributed by atoms with Gasteiger partial charge in [-0.3, -0.25) is 0 Å². The Morgan fingerprint density at radius 2 is 1.89 bits per heavy atom. The van der Waals surface area contributed by atoms with Gasteiger partial charge in [-0.2, -0.15) is 24.9 Å². The van der Waals surface area contributed by atoms with Crippen LogP contribution >= 0.6 is 23.4 Å². The van der Waals surface area contributed by atoms with Gasteiger partial charge >= 0.3 is 6.18 Å². The van der Waals surface area contributed by atoms with Crippen LogP contribution in [-0.4, -0.2) is 24.6 Å². The topological polar surface area (TPSA) is 3.24 Å². The predicted octanol–water partition coefficient (Wildman–Crippen LogP) is 4.00. The Bertz CT molecular complexity index is 416. The summed E-state index contributed by atoms with van der Waals surface area (Å²) in [5.41, 5.74) is 0.779. The lowest BCUT2D eigenvalue weighted by atomic mass is 10.1. The zero-order valence-corrected chi connectivity index (χ0v) is 11.2. The predicted molar refractivity (Wildman–Crippen MR) is 70.5 cm³/mol. The van der Waals surface area contributed by atoms with E-state index in [1.807, 2.05) is 16.7 Å². The average Bonchev–Trinajstić information content (AvgIpc) is 2.38. The number of nitrogens with zero attached hydrogens (tertiary/aromatic N) is 1. The summed E-state index contributed by atoms with van der Waals surface area (Å²) in [6.07, 6.45) is -4.30. The summed E-state index contributed by atoms with van der Waals surface area (Å²) in [5.74, 6) is 2.12. The maximum absolute atomic E-state index is 12.7. The molecule has 1 aromatic carbocycles. The first-order valence-electron chi connectivity index (χ1n) is 5.61. The molecule has 0 bridgehead atoms. The van der Waals surface area contributed by atoms with Crippen molar-refractivity contribution in [2.75, 3.05) is 29.5 Å². The third kappa shape index (κ3) is 3.06. The molecule has 2 rings (SSSR count). The second kappa shape index (κ2) is 5.61. The first kappa shape index (κ1) is 13.9. The monoisotopic (exact) mass is 295 g/mol. The number of alkyl halides is 4. The highest BCUT2D eigenvalue weighted by Crippen LogP contribution is 2.34. The molecule has 0 spiro atoms. The number of thioether (sulfide) groups is 1. The maximum Gasteiger partial charge on any atom is 0.416 e. The summed E-state index contributed by atoms with van der Waals surface area (Å²) in [6, 6.07) is 3.79. The van der Waals surface area contributed by atoms with Gasteiger partial charge in [0.2, 0.25) is 0 Å². The van der Waals surface area contributed by atoms with E-state index in [9.17, 15) is 13.2 Å². The first-order chi connectivity index (χ1) is 8.52. The van der Waals surface area contributed by atoms with E-state index in [0.717, 1.165) is 36.2 Å². The van der Waals surface area contributed by atoms with Gasteiger partial charge in [0.1, 0.15) is 0 Å². The molecular formula is C12H13ClF3NS. The smallest absolute Gasteiger partial charge is 0.370 e. The Hall–Kier alpha value is -0.550. The average molecular weight is 296 g/mol. The molecule has 100 valence electrons. The summed E-state index contributed by atoms with van der Waals surface area (Å²) in [4.78, 5) is 1.99. The second-order valence-electron chi connectivity index (χ2n) is 4.07. The van der Waals surface area contributed by atoms with Gasteiger partial charge in [0.05, 0.1) is 5.56 Å². The van der Waals surface area contributed by atoms with E-state index in [4.69, 9.17) is 11.6 Å². The Morgan fingerprint density at radius 3 is 2.44 bits per heavy atom. The van der Waals surface area contributed by atoms with Crippen molar-refractivity contribution >= 4 is 29.1 Å². The van der Waals surface area contributed by atoms with Gasteiger partial charge < -0.3 is 4.90 Å². The highest BCUT2D eigenvalue weighted by atomic mass is 35.5. The van der Waals surface area contributed by atoms with Crippen LogP contribution in [0, 0.1) is 0 Å². The van der Waals surface area contributed by atoms with Crippen LogP contribution in [0.15, 0.2) is 18.2 Å². The van der Waals surface area contributed by atoms with E-state index >= 15 is 0 Å². The number of anilines is 1. The van der Waals surface area contributed by atoms with Crippen molar-refractivity contribution in [3.63, 3.8) is 0 Å². The van der Waals surface area contributed by atoms with E-state index < -0.39 is 11.7 Å². The van der Waals surface area contributed by atoms with Crippen LogP contribution in [0.2, 0.25) is 0 Å². The molecule has 0 amide bonds. The maximum atomic E-state index is 12.7. The third-order valence-electron chi connectivity index (χ3n) is 2.91. The minimum atomic E-state index is -4.30. The molecule has 18 heavy (non-hydrogen) atoms. The van der Waals surface area contributed by atoms with Crippen molar-refractivity contribution in [2.24, 2.45) is 0 Å². The van der Waals surface area contributed by atoms with Gasteiger partial charge in [0.15, 0.2) is 0 Å². The number of halogens is 4. The Labute approximate surface area is 113 Å².